The van der Waals surface area contributed by atoms with Gasteiger partial charge in [-0.2, -0.15) is 0 Å². The normalized spacial score (nSPS) is 15.6. The Balaban J connectivity index is 1.64. The van der Waals surface area contributed by atoms with E-state index >= 15 is 0 Å². The van der Waals surface area contributed by atoms with Gasteiger partial charge < -0.3 is 15.8 Å². The van der Waals surface area contributed by atoms with Crippen LogP contribution in [0.25, 0.3) is 0 Å². The molecule has 0 bridgehead atoms. The number of nitrogens with two attached hydrogens (primary N) is 1. The molecule has 5 heteroatoms. The lowest BCUT2D eigenvalue weighted by molar-refractivity contribution is 0.184. The molecule has 0 aliphatic heterocycles. The second-order valence-corrected chi connectivity index (χ2v) is 7.89. The van der Waals surface area contributed by atoms with E-state index < -0.39 is 0 Å². The maximum atomic E-state index is 6.17. The predicted molar refractivity (Wildman–Crippen MR) is 121 cm³/mol. The van der Waals surface area contributed by atoms with Crippen molar-refractivity contribution < 1.29 is 4.74 Å². The molecular weight excluding hydrogens is 360 g/mol. The van der Waals surface area contributed by atoms with Crippen molar-refractivity contribution in [1.29, 1.82) is 0 Å². The number of methoxy groups -OCH3 is 1. The number of rotatable bonds is 8. The number of anilines is 1. The van der Waals surface area contributed by atoms with Gasteiger partial charge in [0.2, 0.25) is 0 Å². The first-order chi connectivity index (χ1) is 14.2. The van der Waals surface area contributed by atoms with E-state index in [1.807, 2.05) is 24.3 Å². The number of hydrogen-bond donors (Lipinski definition) is 2. The molecular formula is C24H34N4O. The zero-order valence-corrected chi connectivity index (χ0v) is 17.7. The highest BCUT2D eigenvalue weighted by Crippen LogP contribution is 2.24. The van der Waals surface area contributed by atoms with Crippen LogP contribution in [0.3, 0.4) is 0 Å². The molecule has 0 saturated heterocycles. The Morgan fingerprint density at radius 2 is 1.69 bits per heavy atom. The van der Waals surface area contributed by atoms with E-state index in [9.17, 15) is 0 Å². The van der Waals surface area contributed by atoms with Crippen LogP contribution in [-0.2, 0) is 24.4 Å². The molecule has 1 saturated carbocycles. The number of ether oxygens (including phenoxy) is 1. The van der Waals surface area contributed by atoms with Crippen LogP contribution in [0.15, 0.2) is 53.5 Å². The lowest BCUT2D eigenvalue weighted by atomic mass is 9.94. The largest absolute Gasteiger partial charge is 0.380 e. The first kappa shape index (κ1) is 21.3. The average molecular weight is 395 g/mol. The lowest BCUT2D eigenvalue weighted by Crippen LogP contribution is -2.33. The summed E-state index contributed by atoms with van der Waals surface area (Å²) < 4.78 is 5.26. The standard InChI is InChI=1S/C24H34N4O/c1-28(22-13-4-3-5-14-22)17-20-11-7-6-10-19(20)16-26-24(25)27-23-15-9-8-12-21(23)18-29-2/h6-12,15,22H,3-5,13-14,16-18H2,1-2H3,(H3,25,26,27). The number of aliphatic imine (C=N–C) groups is 1. The van der Waals surface area contributed by atoms with Gasteiger partial charge in [0.25, 0.3) is 0 Å². The smallest absolute Gasteiger partial charge is 0.193 e. The van der Waals surface area contributed by atoms with Crippen LogP contribution in [0.1, 0.15) is 48.8 Å². The van der Waals surface area contributed by atoms with Crippen molar-refractivity contribution in [2.75, 3.05) is 19.5 Å². The molecule has 3 N–H and O–H groups in total. The van der Waals surface area contributed by atoms with Crippen LogP contribution in [0, 0.1) is 0 Å². The molecule has 0 atom stereocenters. The molecule has 3 rings (SSSR count). The topological polar surface area (TPSA) is 62.9 Å². The van der Waals surface area contributed by atoms with E-state index in [1.54, 1.807) is 7.11 Å². The van der Waals surface area contributed by atoms with Gasteiger partial charge in [-0.3, -0.25) is 4.90 Å². The third kappa shape index (κ3) is 6.31. The Morgan fingerprint density at radius 3 is 2.41 bits per heavy atom. The molecule has 156 valence electrons. The number of para-hydroxylation sites is 1. The van der Waals surface area contributed by atoms with Crippen molar-refractivity contribution in [3.63, 3.8) is 0 Å². The van der Waals surface area contributed by atoms with E-state index in [0.717, 1.165) is 17.8 Å². The van der Waals surface area contributed by atoms with Gasteiger partial charge in [0.1, 0.15) is 0 Å². The van der Waals surface area contributed by atoms with Crippen molar-refractivity contribution in [1.82, 2.24) is 4.90 Å². The molecule has 29 heavy (non-hydrogen) atoms. The van der Waals surface area contributed by atoms with Crippen LogP contribution in [0.2, 0.25) is 0 Å². The molecule has 2 aromatic carbocycles. The molecule has 0 heterocycles. The summed E-state index contributed by atoms with van der Waals surface area (Å²) in [4.78, 5) is 7.10. The molecule has 2 aromatic rings. The Bertz CT molecular complexity index is 799. The van der Waals surface area contributed by atoms with Gasteiger partial charge in [-0.25, -0.2) is 4.99 Å². The summed E-state index contributed by atoms with van der Waals surface area (Å²) in [6.07, 6.45) is 6.72. The van der Waals surface area contributed by atoms with Gasteiger partial charge in [-0.15, -0.1) is 0 Å². The summed E-state index contributed by atoms with van der Waals surface area (Å²) in [5.74, 6) is 0.420. The highest BCUT2D eigenvalue weighted by atomic mass is 16.5. The lowest BCUT2D eigenvalue weighted by Gasteiger charge is -2.31. The van der Waals surface area contributed by atoms with E-state index in [4.69, 9.17) is 10.5 Å². The Kier molecular flexibility index (Phi) is 8.08. The van der Waals surface area contributed by atoms with Gasteiger partial charge in [-0.05, 0) is 37.1 Å². The first-order valence-electron chi connectivity index (χ1n) is 10.6. The van der Waals surface area contributed by atoms with Crippen molar-refractivity contribution in [2.24, 2.45) is 10.7 Å². The number of hydrogen-bond acceptors (Lipinski definition) is 3. The van der Waals surface area contributed by atoms with Crippen LogP contribution in [0.5, 0.6) is 0 Å². The second-order valence-electron chi connectivity index (χ2n) is 7.89. The van der Waals surface area contributed by atoms with Crippen LogP contribution in [-0.4, -0.2) is 31.1 Å². The van der Waals surface area contributed by atoms with Gasteiger partial charge in [0.15, 0.2) is 5.96 Å². The minimum Gasteiger partial charge on any atom is -0.380 e. The maximum absolute atomic E-state index is 6.17. The van der Waals surface area contributed by atoms with E-state index in [1.165, 1.54) is 43.2 Å². The van der Waals surface area contributed by atoms with Crippen LogP contribution in [0.4, 0.5) is 5.69 Å². The molecule has 1 aliphatic rings. The molecule has 0 amide bonds. The average Bonchev–Trinajstić information content (AvgIpc) is 2.75. The van der Waals surface area contributed by atoms with Gasteiger partial charge in [0, 0.05) is 30.9 Å². The van der Waals surface area contributed by atoms with Crippen LogP contribution < -0.4 is 11.1 Å². The van der Waals surface area contributed by atoms with Crippen molar-refractivity contribution >= 4 is 11.6 Å². The van der Waals surface area contributed by atoms with Gasteiger partial charge in [-0.1, -0.05) is 61.7 Å². The molecule has 5 nitrogen and oxygen atoms in total. The Labute approximate surface area is 175 Å². The van der Waals surface area contributed by atoms with Crippen LogP contribution >= 0.6 is 0 Å². The summed E-state index contributed by atoms with van der Waals surface area (Å²) in [5, 5.41) is 3.21. The fourth-order valence-corrected chi connectivity index (χ4v) is 4.06. The van der Waals surface area contributed by atoms with Crippen molar-refractivity contribution in [3.8, 4) is 0 Å². The van der Waals surface area contributed by atoms with E-state index in [2.05, 4.69) is 46.5 Å². The molecule has 1 aliphatic carbocycles. The highest BCUT2D eigenvalue weighted by Gasteiger charge is 2.18. The quantitative estimate of drug-likeness (QED) is 0.510. The second kappa shape index (κ2) is 11.0. The summed E-state index contributed by atoms with van der Waals surface area (Å²) >= 11 is 0. The summed E-state index contributed by atoms with van der Waals surface area (Å²) in [6.45, 7) is 2.06. The molecule has 0 aromatic heterocycles. The predicted octanol–water partition coefficient (Wildman–Crippen LogP) is 4.52. The third-order valence-electron chi connectivity index (χ3n) is 5.74. The third-order valence-corrected chi connectivity index (χ3v) is 5.74. The first-order valence-corrected chi connectivity index (χ1v) is 10.6. The summed E-state index contributed by atoms with van der Waals surface area (Å²) in [6, 6.07) is 17.2. The SMILES string of the molecule is COCc1ccccc1NC(N)=NCc1ccccc1CN(C)C1CCCCC1. The number of guanidine groups is 1. The maximum Gasteiger partial charge on any atom is 0.193 e. The molecule has 1 fully saturated rings. The van der Waals surface area contributed by atoms with Crippen molar-refractivity contribution in [3.05, 3.63) is 65.2 Å². The number of nitrogens with zero attached hydrogens (tertiary/aromatic N) is 2. The van der Waals surface area contributed by atoms with E-state index in [-0.39, 0.29) is 0 Å². The Morgan fingerprint density at radius 1 is 1.03 bits per heavy atom. The molecule has 0 unspecified atom stereocenters. The minimum absolute atomic E-state index is 0.420. The monoisotopic (exact) mass is 394 g/mol. The zero-order valence-electron chi connectivity index (χ0n) is 17.7. The number of nitrogens with one attached hydrogen (secondary N) is 1. The molecule has 0 radical (unpaired) electrons. The fourth-order valence-electron chi connectivity index (χ4n) is 4.06. The Hall–Kier alpha value is -2.37. The summed E-state index contributed by atoms with van der Waals surface area (Å²) in [7, 11) is 3.94. The van der Waals surface area contributed by atoms with Gasteiger partial charge in [0.05, 0.1) is 13.2 Å². The van der Waals surface area contributed by atoms with Crippen molar-refractivity contribution in [2.45, 2.75) is 57.8 Å². The number of benzene rings is 2. The zero-order chi connectivity index (χ0) is 20.5. The highest BCUT2D eigenvalue weighted by molar-refractivity contribution is 5.92. The summed E-state index contributed by atoms with van der Waals surface area (Å²) in [5.41, 5.74) is 10.7. The van der Waals surface area contributed by atoms with Gasteiger partial charge >= 0.3 is 0 Å². The minimum atomic E-state index is 0.420. The fraction of sp³-hybridized carbons (Fsp3) is 0.458. The molecule has 0 spiro atoms. The van der Waals surface area contributed by atoms with E-state index in [0.29, 0.717) is 25.2 Å².